The van der Waals surface area contributed by atoms with Gasteiger partial charge in [0, 0.05) is 6.08 Å². The third-order valence-electron chi connectivity index (χ3n) is 2.19. The molecule has 82 valence electrons. The Morgan fingerprint density at radius 2 is 2.25 bits per heavy atom. The Hall–Kier alpha value is -1.93. The summed E-state index contributed by atoms with van der Waals surface area (Å²) in [6.45, 7) is 0. The summed E-state index contributed by atoms with van der Waals surface area (Å²) >= 11 is 0. The van der Waals surface area contributed by atoms with Crippen LogP contribution in [-0.2, 0) is 0 Å². The molecule has 0 aliphatic heterocycles. The minimum absolute atomic E-state index is 0.226. The van der Waals surface area contributed by atoms with E-state index in [1.54, 1.807) is 12.1 Å². The van der Waals surface area contributed by atoms with Crippen molar-refractivity contribution in [1.29, 1.82) is 0 Å². The number of halogens is 2. The summed E-state index contributed by atoms with van der Waals surface area (Å²) < 4.78 is 31.1. The van der Waals surface area contributed by atoms with E-state index in [1.165, 1.54) is 13.3 Å². The number of hydrogen-bond donors (Lipinski definition) is 0. The fraction of sp³-hybridized carbons (Fsp3) is 0.167. The largest absolute Gasteiger partial charge is 0.495 e. The molecule has 1 unspecified atom stereocenters. The molecule has 0 N–H and O–H groups in total. The molecule has 2 rings (SSSR count). The maximum Gasteiger partial charge on any atom is 0.156 e. The van der Waals surface area contributed by atoms with Crippen LogP contribution in [0.3, 0.4) is 0 Å². The summed E-state index contributed by atoms with van der Waals surface area (Å²) in [7, 11) is 1.52. The molecule has 0 bridgehead atoms. The van der Waals surface area contributed by atoms with Crippen LogP contribution in [0.25, 0.3) is 5.57 Å². The molecule has 1 heterocycles. The molecule has 0 amide bonds. The average molecular weight is 221 g/mol. The minimum Gasteiger partial charge on any atom is -0.495 e. The van der Waals surface area contributed by atoms with Crippen LogP contribution in [0.1, 0.15) is 5.69 Å². The van der Waals surface area contributed by atoms with E-state index in [-0.39, 0.29) is 5.57 Å². The van der Waals surface area contributed by atoms with Crippen LogP contribution in [0.5, 0.6) is 5.75 Å². The van der Waals surface area contributed by atoms with Crippen molar-refractivity contribution in [3.8, 4) is 5.75 Å². The van der Waals surface area contributed by atoms with Gasteiger partial charge in [0.25, 0.3) is 0 Å². The molecule has 0 saturated carbocycles. The van der Waals surface area contributed by atoms with E-state index in [1.807, 2.05) is 0 Å². The number of hydrogen-bond acceptors (Lipinski definition) is 2. The molecule has 1 aliphatic rings. The van der Waals surface area contributed by atoms with Crippen molar-refractivity contribution < 1.29 is 13.5 Å². The smallest absolute Gasteiger partial charge is 0.156 e. The van der Waals surface area contributed by atoms with Gasteiger partial charge >= 0.3 is 0 Å². The number of nitrogens with zero attached hydrogens (tertiary/aromatic N) is 1. The Kier molecular flexibility index (Phi) is 2.84. The lowest BCUT2D eigenvalue weighted by atomic mass is 10.0. The maximum absolute atomic E-state index is 13.5. The fourth-order valence-corrected chi connectivity index (χ4v) is 1.37. The van der Waals surface area contributed by atoms with Gasteiger partial charge in [0.1, 0.15) is 11.6 Å². The van der Waals surface area contributed by atoms with Crippen molar-refractivity contribution in [1.82, 2.24) is 4.98 Å². The Bertz CT molecular complexity index is 484. The van der Waals surface area contributed by atoms with Gasteiger partial charge in [-0.2, -0.15) is 0 Å². The first-order valence-electron chi connectivity index (χ1n) is 4.69. The maximum atomic E-state index is 13.5. The van der Waals surface area contributed by atoms with Gasteiger partial charge in [0.05, 0.1) is 24.6 Å². The van der Waals surface area contributed by atoms with Crippen molar-refractivity contribution in [2.45, 2.75) is 6.17 Å². The Balaban J connectivity index is 2.35. The highest BCUT2D eigenvalue weighted by Crippen LogP contribution is 2.24. The molecule has 0 saturated heterocycles. The molecule has 1 aromatic heterocycles. The molecule has 0 aromatic carbocycles. The van der Waals surface area contributed by atoms with Crippen LogP contribution >= 0.6 is 0 Å². The molecule has 4 heteroatoms. The van der Waals surface area contributed by atoms with Crippen LogP contribution in [-0.4, -0.2) is 18.3 Å². The number of alkyl halides is 1. The summed E-state index contributed by atoms with van der Waals surface area (Å²) in [5, 5.41) is 0. The first kappa shape index (κ1) is 10.6. The first-order valence-corrected chi connectivity index (χ1v) is 4.69. The lowest BCUT2D eigenvalue weighted by Crippen LogP contribution is -2.04. The second-order valence-electron chi connectivity index (χ2n) is 3.24. The molecule has 0 fully saturated rings. The normalized spacial score (nSPS) is 19.1. The molecule has 0 spiro atoms. The van der Waals surface area contributed by atoms with Crippen LogP contribution in [0.2, 0.25) is 0 Å². The van der Waals surface area contributed by atoms with Crippen LogP contribution in [0.15, 0.2) is 42.0 Å². The third kappa shape index (κ3) is 2.02. The number of pyridine rings is 1. The van der Waals surface area contributed by atoms with Gasteiger partial charge < -0.3 is 4.74 Å². The Labute approximate surface area is 91.6 Å². The van der Waals surface area contributed by atoms with E-state index in [0.717, 1.165) is 12.2 Å². The zero-order valence-corrected chi connectivity index (χ0v) is 8.58. The van der Waals surface area contributed by atoms with Gasteiger partial charge in [-0.3, -0.25) is 4.98 Å². The molecule has 1 aromatic rings. The SMILES string of the molecule is COc1ccc(C2=C=CC(F)=CC2F)nc1. The molecular weight excluding hydrogens is 212 g/mol. The van der Waals surface area contributed by atoms with Gasteiger partial charge in [-0.15, -0.1) is 5.73 Å². The summed E-state index contributed by atoms with van der Waals surface area (Å²) in [6.07, 6.45) is 1.95. The summed E-state index contributed by atoms with van der Waals surface area (Å²) in [5.74, 6) is -0.0361. The lowest BCUT2D eigenvalue weighted by molar-refractivity contribution is 0.412. The van der Waals surface area contributed by atoms with Crippen molar-refractivity contribution in [3.05, 3.63) is 47.7 Å². The standard InChI is InChI=1S/C12H9F2NO/c1-16-9-3-5-12(15-7-9)10-4-2-8(13)6-11(10)14/h2-3,5-7,11H,1H3. The Morgan fingerprint density at radius 3 is 2.81 bits per heavy atom. The molecular formula is C12H9F2NO. The summed E-state index contributed by atoms with van der Waals surface area (Å²) in [5.41, 5.74) is 3.19. The molecule has 2 nitrogen and oxygen atoms in total. The second-order valence-corrected chi connectivity index (χ2v) is 3.24. The van der Waals surface area contributed by atoms with E-state index in [2.05, 4.69) is 10.7 Å². The zero-order valence-electron chi connectivity index (χ0n) is 8.58. The van der Waals surface area contributed by atoms with Crippen LogP contribution < -0.4 is 4.74 Å². The number of ether oxygens (including phenoxy) is 1. The van der Waals surface area contributed by atoms with E-state index in [4.69, 9.17) is 4.74 Å². The lowest BCUT2D eigenvalue weighted by Gasteiger charge is -2.09. The monoisotopic (exact) mass is 221 g/mol. The number of rotatable bonds is 2. The van der Waals surface area contributed by atoms with Crippen LogP contribution in [0.4, 0.5) is 8.78 Å². The Morgan fingerprint density at radius 1 is 1.44 bits per heavy atom. The van der Waals surface area contributed by atoms with Crippen molar-refractivity contribution in [2.24, 2.45) is 0 Å². The topological polar surface area (TPSA) is 22.1 Å². The van der Waals surface area contributed by atoms with E-state index in [0.29, 0.717) is 11.4 Å². The van der Waals surface area contributed by atoms with Crippen LogP contribution in [0, 0.1) is 0 Å². The van der Waals surface area contributed by atoms with Gasteiger partial charge in [0.2, 0.25) is 0 Å². The number of aromatic nitrogens is 1. The number of allylic oxidation sites excluding steroid dienone is 3. The highest BCUT2D eigenvalue weighted by Gasteiger charge is 2.17. The molecule has 1 aliphatic carbocycles. The van der Waals surface area contributed by atoms with E-state index in [9.17, 15) is 8.78 Å². The molecule has 16 heavy (non-hydrogen) atoms. The van der Waals surface area contributed by atoms with Gasteiger partial charge in [-0.25, -0.2) is 8.78 Å². The minimum atomic E-state index is -1.51. The average Bonchev–Trinajstić information content (AvgIpc) is 2.29. The van der Waals surface area contributed by atoms with Crippen molar-refractivity contribution >= 4 is 5.57 Å². The van der Waals surface area contributed by atoms with Gasteiger partial charge in [-0.05, 0) is 18.2 Å². The van der Waals surface area contributed by atoms with Crippen molar-refractivity contribution in [2.75, 3.05) is 7.11 Å². The first-order chi connectivity index (χ1) is 7.70. The fourth-order valence-electron chi connectivity index (χ4n) is 1.37. The third-order valence-corrected chi connectivity index (χ3v) is 2.19. The zero-order chi connectivity index (χ0) is 11.5. The summed E-state index contributed by atoms with van der Waals surface area (Å²) in [6, 6.07) is 3.27. The van der Waals surface area contributed by atoms with E-state index < -0.39 is 12.0 Å². The highest BCUT2D eigenvalue weighted by atomic mass is 19.1. The quantitative estimate of drug-likeness (QED) is 0.716. The van der Waals surface area contributed by atoms with Gasteiger partial charge in [-0.1, -0.05) is 0 Å². The van der Waals surface area contributed by atoms with E-state index >= 15 is 0 Å². The van der Waals surface area contributed by atoms with Crippen molar-refractivity contribution in [3.63, 3.8) is 0 Å². The van der Waals surface area contributed by atoms with Gasteiger partial charge in [0.15, 0.2) is 6.17 Å². The second kappa shape index (κ2) is 4.29. The molecule has 0 radical (unpaired) electrons. The highest BCUT2D eigenvalue weighted by molar-refractivity contribution is 5.69. The predicted octanol–water partition coefficient (Wildman–Crippen LogP) is 2.83. The number of methoxy groups -OCH3 is 1. The predicted molar refractivity (Wildman–Crippen MR) is 56.4 cm³/mol. The molecule has 1 atom stereocenters. The summed E-state index contributed by atoms with van der Waals surface area (Å²) in [4.78, 5) is 4.01.